The molecule has 0 fully saturated rings. The molecule has 6 nitrogen and oxygen atoms in total. The van der Waals surface area contributed by atoms with Gasteiger partial charge in [0.15, 0.2) is 0 Å². The Bertz CT molecular complexity index is 1350. The zero-order valence-corrected chi connectivity index (χ0v) is 23.6. The number of carbonyl (C=O) groups excluding carboxylic acids is 1. The maximum Gasteiger partial charge on any atom is 0.240 e. The van der Waals surface area contributed by atoms with E-state index in [0.29, 0.717) is 0 Å². The van der Waals surface area contributed by atoms with E-state index in [1.54, 1.807) is 31.2 Å². The van der Waals surface area contributed by atoms with Crippen LogP contribution in [0.3, 0.4) is 0 Å². The molecule has 3 N–H and O–H groups in total. The van der Waals surface area contributed by atoms with Crippen molar-refractivity contribution in [3.8, 4) is 11.1 Å². The standard InChI is InChI=1S/C31H39N3O3S/c1-22(34-38(36,37)27-16-14-25(15-17-27)24-9-6-5-7-10-24)19-30(35)33-29-12-8-11-26-20-23(13-18-28(26)29)21-32-31(2,3)4/h5-7,9-10,13-18,20,22,29,32,34H,8,11-12,19,21H2,1-4H3,(H,33,35)/t22-,29+/m0/s1. The van der Waals surface area contributed by atoms with Crippen molar-refractivity contribution in [3.63, 3.8) is 0 Å². The van der Waals surface area contributed by atoms with Crippen molar-refractivity contribution in [1.82, 2.24) is 15.4 Å². The van der Waals surface area contributed by atoms with Gasteiger partial charge in [0, 0.05) is 24.5 Å². The fourth-order valence-corrected chi connectivity index (χ4v) is 6.10. The summed E-state index contributed by atoms with van der Waals surface area (Å²) in [7, 11) is -3.74. The van der Waals surface area contributed by atoms with Gasteiger partial charge in [0.05, 0.1) is 10.9 Å². The van der Waals surface area contributed by atoms with Gasteiger partial charge in [0.2, 0.25) is 15.9 Å². The molecule has 0 aliphatic heterocycles. The summed E-state index contributed by atoms with van der Waals surface area (Å²) in [6.45, 7) is 8.98. The number of aryl methyl sites for hydroxylation is 1. The number of benzene rings is 3. The second-order valence-corrected chi connectivity index (χ2v) is 13.0. The van der Waals surface area contributed by atoms with Crippen molar-refractivity contribution < 1.29 is 13.2 Å². The molecule has 1 aliphatic carbocycles. The monoisotopic (exact) mass is 533 g/mol. The second kappa shape index (κ2) is 11.8. The third kappa shape index (κ3) is 7.53. The Morgan fingerprint density at radius 2 is 1.66 bits per heavy atom. The van der Waals surface area contributed by atoms with Gasteiger partial charge in [-0.1, -0.05) is 60.7 Å². The van der Waals surface area contributed by atoms with E-state index >= 15 is 0 Å². The summed E-state index contributed by atoms with van der Waals surface area (Å²) in [6, 6.07) is 22.5. The van der Waals surface area contributed by atoms with E-state index in [9.17, 15) is 13.2 Å². The van der Waals surface area contributed by atoms with Gasteiger partial charge in [0.25, 0.3) is 0 Å². The molecular weight excluding hydrogens is 494 g/mol. The van der Waals surface area contributed by atoms with Gasteiger partial charge in [-0.2, -0.15) is 0 Å². The van der Waals surface area contributed by atoms with Gasteiger partial charge in [-0.3, -0.25) is 4.79 Å². The number of nitrogens with one attached hydrogen (secondary N) is 3. The number of rotatable bonds is 9. The molecule has 1 aliphatic rings. The predicted octanol–water partition coefficient (Wildman–Crippen LogP) is 5.49. The molecule has 0 unspecified atom stereocenters. The van der Waals surface area contributed by atoms with Crippen LogP contribution in [0.2, 0.25) is 0 Å². The van der Waals surface area contributed by atoms with Crippen LogP contribution in [0.4, 0.5) is 0 Å². The van der Waals surface area contributed by atoms with Gasteiger partial charge in [-0.15, -0.1) is 0 Å². The van der Waals surface area contributed by atoms with Gasteiger partial charge in [-0.25, -0.2) is 13.1 Å². The molecule has 0 radical (unpaired) electrons. The Balaban J connectivity index is 1.34. The molecule has 0 saturated carbocycles. The normalized spacial score (nSPS) is 16.5. The highest BCUT2D eigenvalue weighted by atomic mass is 32.2. The van der Waals surface area contributed by atoms with Crippen molar-refractivity contribution >= 4 is 15.9 Å². The molecule has 0 spiro atoms. The minimum Gasteiger partial charge on any atom is -0.349 e. The lowest BCUT2D eigenvalue weighted by molar-refractivity contribution is -0.122. The number of fused-ring (bicyclic) bond motifs is 1. The Kier molecular flexibility index (Phi) is 8.71. The van der Waals surface area contributed by atoms with Crippen molar-refractivity contribution in [3.05, 3.63) is 89.5 Å². The predicted molar refractivity (Wildman–Crippen MR) is 153 cm³/mol. The fraction of sp³-hybridized carbons (Fsp3) is 0.387. The summed E-state index contributed by atoms with van der Waals surface area (Å²) < 4.78 is 28.5. The number of sulfonamides is 1. The van der Waals surface area contributed by atoms with Crippen LogP contribution < -0.4 is 15.4 Å². The Hall–Kier alpha value is -3.00. The van der Waals surface area contributed by atoms with Crippen LogP contribution in [-0.2, 0) is 27.8 Å². The van der Waals surface area contributed by atoms with Crippen LogP contribution in [0.25, 0.3) is 11.1 Å². The van der Waals surface area contributed by atoms with Crippen molar-refractivity contribution in [2.24, 2.45) is 0 Å². The second-order valence-electron chi connectivity index (χ2n) is 11.3. The molecule has 3 aromatic rings. The number of amides is 1. The first-order valence-corrected chi connectivity index (χ1v) is 14.8. The summed E-state index contributed by atoms with van der Waals surface area (Å²) in [5, 5.41) is 6.67. The lowest BCUT2D eigenvalue weighted by Crippen LogP contribution is -2.39. The molecule has 202 valence electrons. The highest BCUT2D eigenvalue weighted by Gasteiger charge is 2.24. The average Bonchev–Trinajstić information content (AvgIpc) is 2.87. The fourth-order valence-electron chi connectivity index (χ4n) is 4.86. The summed E-state index contributed by atoms with van der Waals surface area (Å²) in [4.78, 5) is 13.1. The summed E-state index contributed by atoms with van der Waals surface area (Å²) in [6.07, 6.45) is 2.96. The zero-order valence-electron chi connectivity index (χ0n) is 22.8. The zero-order chi connectivity index (χ0) is 27.3. The maximum atomic E-state index is 12.9. The number of carbonyl (C=O) groups is 1. The van der Waals surface area contributed by atoms with E-state index in [2.05, 4.69) is 54.3 Å². The molecule has 0 heterocycles. The molecule has 3 aromatic carbocycles. The average molecular weight is 534 g/mol. The SMILES string of the molecule is C[C@@H](CC(=O)N[C@@H]1CCCc2cc(CNC(C)(C)C)ccc21)NS(=O)(=O)c1ccc(-c2ccccc2)cc1. The molecule has 0 bridgehead atoms. The Morgan fingerprint density at radius 3 is 2.34 bits per heavy atom. The van der Waals surface area contributed by atoms with Gasteiger partial charge in [-0.05, 0) is 86.9 Å². The lowest BCUT2D eigenvalue weighted by atomic mass is 9.86. The first-order valence-electron chi connectivity index (χ1n) is 13.3. The first-order chi connectivity index (χ1) is 18.0. The molecule has 38 heavy (non-hydrogen) atoms. The van der Waals surface area contributed by atoms with Crippen LogP contribution >= 0.6 is 0 Å². The molecule has 0 saturated heterocycles. The molecule has 1 amide bonds. The van der Waals surface area contributed by atoms with E-state index in [1.807, 2.05) is 30.3 Å². The third-order valence-corrected chi connectivity index (χ3v) is 8.40. The summed E-state index contributed by atoms with van der Waals surface area (Å²) in [5.41, 5.74) is 5.71. The number of hydrogen-bond donors (Lipinski definition) is 3. The Morgan fingerprint density at radius 1 is 0.974 bits per heavy atom. The summed E-state index contributed by atoms with van der Waals surface area (Å²) >= 11 is 0. The van der Waals surface area contributed by atoms with Gasteiger partial charge < -0.3 is 10.6 Å². The highest BCUT2D eigenvalue weighted by molar-refractivity contribution is 7.89. The lowest BCUT2D eigenvalue weighted by Gasteiger charge is -2.28. The van der Waals surface area contributed by atoms with Crippen LogP contribution in [0.5, 0.6) is 0 Å². The number of hydrogen-bond acceptors (Lipinski definition) is 4. The largest absolute Gasteiger partial charge is 0.349 e. The smallest absolute Gasteiger partial charge is 0.240 e. The minimum absolute atomic E-state index is 0.0507. The van der Waals surface area contributed by atoms with Gasteiger partial charge >= 0.3 is 0 Å². The van der Waals surface area contributed by atoms with Crippen molar-refractivity contribution in [2.75, 3.05) is 0 Å². The maximum absolute atomic E-state index is 12.9. The molecule has 2 atom stereocenters. The molecule has 4 rings (SSSR count). The van der Waals surface area contributed by atoms with E-state index in [-0.39, 0.29) is 28.8 Å². The van der Waals surface area contributed by atoms with Crippen molar-refractivity contribution in [1.29, 1.82) is 0 Å². The highest BCUT2D eigenvalue weighted by Crippen LogP contribution is 2.31. The quantitative estimate of drug-likeness (QED) is 0.339. The molecular formula is C31H39N3O3S. The van der Waals surface area contributed by atoms with Gasteiger partial charge in [0.1, 0.15) is 0 Å². The van der Waals surface area contributed by atoms with Crippen LogP contribution in [0.1, 0.15) is 69.7 Å². The first kappa shape index (κ1) is 28.0. The van der Waals surface area contributed by atoms with Crippen molar-refractivity contribution in [2.45, 2.75) is 82.4 Å². The van der Waals surface area contributed by atoms with Crippen LogP contribution in [-0.4, -0.2) is 25.9 Å². The summed E-state index contributed by atoms with van der Waals surface area (Å²) in [5.74, 6) is -0.157. The third-order valence-electron chi connectivity index (χ3n) is 6.80. The van der Waals surface area contributed by atoms with Crippen LogP contribution in [0.15, 0.2) is 77.7 Å². The minimum atomic E-state index is -3.74. The topological polar surface area (TPSA) is 87.3 Å². The van der Waals surface area contributed by atoms with E-state index in [4.69, 9.17) is 0 Å². The van der Waals surface area contributed by atoms with E-state index < -0.39 is 16.1 Å². The van der Waals surface area contributed by atoms with E-state index in [1.165, 1.54) is 11.1 Å². The van der Waals surface area contributed by atoms with E-state index in [0.717, 1.165) is 42.5 Å². The molecule has 7 heteroatoms. The Labute approximate surface area is 227 Å². The molecule has 0 aromatic heterocycles. The van der Waals surface area contributed by atoms with Crippen LogP contribution in [0, 0.1) is 0 Å².